The van der Waals surface area contributed by atoms with Gasteiger partial charge in [-0.25, -0.2) is 13.5 Å². The number of carbonyl (C=O) groups excluding carboxylic acids is 1. The molecule has 1 aliphatic heterocycles. The van der Waals surface area contributed by atoms with Crippen LogP contribution in [0.25, 0.3) is 11.1 Å². The number of carbonyl (C=O) groups is 1. The number of anilines is 1. The highest BCUT2D eigenvalue weighted by molar-refractivity contribution is 9.10. The van der Waals surface area contributed by atoms with Crippen molar-refractivity contribution < 1.29 is 23.2 Å². The maximum absolute atomic E-state index is 14.7. The molecule has 4 rings (SSSR count). The quantitative estimate of drug-likeness (QED) is 0.330. The van der Waals surface area contributed by atoms with Crippen LogP contribution in [-0.2, 0) is 17.9 Å². The normalized spacial score (nSPS) is 15.8. The Bertz CT molecular complexity index is 1190. The van der Waals surface area contributed by atoms with Crippen molar-refractivity contribution in [2.24, 2.45) is 0 Å². The minimum atomic E-state index is -2.14. The summed E-state index contributed by atoms with van der Waals surface area (Å²) in [5.41, 5.74) is 1.03. The Hall–Kier alpha value is -2.14. The fourth-order valence-corrected chi connectivity index (χ4v) is 5.00. The van der Waals surface area contributed by atoms with Gasteiger partial charge in [-0.1, -0.05) is 22.0 Å². The van der Waals surface area contributed by atoms with Crippen LogP contribution in [0.2, 0.25) is 0 Å². The van der Waals surface area contributed by atoms with Crippen LogP contribution in [0.1, 0.15) is 15.9 Å². The van der Waals surface area contributed by atoms with Gasteiger partial charge in [0.05, 0.1) is 4.47 Å². The van der Waals surface area contributed by atoms with E-state index >= 15 is 0 Å². The zero-order chi connectivity index (χ0) is 21.6. The van der Waals surface area contributed by atoms with Gasteiger partial charge in [-0.15, -0.1) is 0 Å². The first-order valence-electron chi connectivity index (χ1n) is 8.51. The Kier molecular flexibility index (Phi) is 5.75. The molecule has 10 heteroatoms. The van der Waals surface area contributed by atoms with Crippen molar-refractivity contribution in [3.8, 4) is 16.9 Å². The van der Waals surface area contributed by atoms with Gasteiger partial charge in [0, 0.05) is 34.3 Å². The van der Waals surface area contributed by atoms with Crippen molar-refractivity contribution in [2.75, 3.05) is 4.72 Å². The van der Waals surface area contributed by atoms with Gasteiger partial charge in [-0.2, -0.15) is 0 Å². The highest BCUT2D eigenvalue weighted by Crippen LogP contribution is 2.37. The molecule has 1 amide bonds. The number of aromatic hydroxyl groups is 1. The van der Waals surface area contributed by atoms with Gasteiger partial charge >= 0.3 is 0 Å². The van der Waals surface area contributed by atoms with Crippen molar-refractivity contribution in [1.82, 2.24) is 5.32 Å². The van der Waals surface area contributed by atoms with Gasteiger partial charge in [0.25, 0.3) is 5.91 Å². The molecular weight excluding hydrogens is 546 g/mol. The fraction of sp³-hybridized carbons (Fsp3) is 0.0500. The van der Waals surface area contributed by atoms with Crippen LogP contribution in [0.15, 0.2) is 56.3 Å². The maximum Gasteiger partial charge on any atom is 0.251 e. The predicted octanol–water partition coefficient (Wildman–Crippen LogP) is 5.24. The van der Waals surface area contributed by atoms with Crippen LogP contribution in [0.3, 0.4) is 0 Å². The lowest BCUT2D eigenvalue weighted by Crippen LogP contribution is -2.23. The monoisotopic (exact) mass is 556 g/mol. The summed E-state index contributed by atoms with van der Waals surface area (Å²) < 4.78 is 45.2. The Morgan fingerprint density at radius 3 is 2.57 bits per heavy atom. The summed E-state index contributed by atoms with van der Waals surface area (Å²) >= 11 is 4.34. The van der Waals surface area contributed by atoms with E-state index in [4.69, 9.17) is 0 Å². The lowest BCUT2D eigenvalue weighted by atomic mass is 9.98. The van der Waals surface area contributed by atoms with Crippen molar-refractivity contribution in [2.45, 2.75) is 11.4 Å². The summed E-state index contributed by atoms with van der Waals surface area (Å²) in [6.45, 7) is 0.0674. The molecule has 0 spiro atoms. The predicted molar refractivity (Wildman–Crippen MR) is 117 cm³/mol. The molecule has 154 valence electrons. The molecule has 5 nitrogen and oxygen atoms in total. The lowest BCUT2D eigenvalue weighted by molar-refractivity contribution is 0.0950. The smallest absolute Gasteiger partial charge is 0.251 e. The third-order valence-electron chi connectivity index (χ3n) is 4.55. The largest absolute Gasteiger partial charge is 0.588 e. The Labute approximate surface area is 190 Å². The third-order valence-corrected chi connectivity index (χ3v) is 6.76. The topological polar surface area (TPSA) is 84.4 Å². The van der Waals surface area contributed by atoms with Gasteiger partial charge < -0.3 is 15.0 Å². The van der Waals surface area contributed by atoms with Crippen LogP contribution >= 0.6 is 31.9 Å². The first-order valence-corrected chi connectivity index (χ1v) is 11.2. The number of hydrogen-bond acceptors (Lipinski definition) is 4. The minimum Gasteiger partial charge on any atom is -0.588 e. The molecular formula is C20H12Br2F2N2O3S. The molecule has 3 N–H and O–H groups in total. The van der Waals surface area contributed by atoms with E-state index in [0.29, 0.717) is 21.7 Å². The first-order chi connectivity index (χ1) is 14.2. The van der Waals surface area contributed by atoms with Crippen molar-refractivity contribution in [3.63, 3.8) is 0 Å². The molecule has 3 aromatic rings. The molecule has 0 aromatic heterocycles. The molecule has 0 aliphatic carbocycles. The minimum absolute atomic E-state index is 0.0674. The number of hydrogen-bond donors (Lipinski definition) is 3. The Morgan fingerprint density at radius 1 is 1.03 bits per heavy atom. The SMILES string of the molecule is O=C1NCc2ccc(Br)cc2-c2cc(c(F)cc2F)N[S+]([O-])c2cc1cc(Br)c2O. The maximum atomic E-state index is 14.7. The zero-order valence-corrected chi connectivity index (χ0v) is 18.9. The third kappa shape index (κ3) is 3.92. The van der Waals surface area contributed by atoms with Crippen molar-refractivity contribution in [1.29, 1.82) is 0 Å². The van der Waals surface area contributed by atoms with Crippen molar-refractivity contribution in [3.05, 3.63) is 74.2 Å². The average Bonchev–Trinajstić information content (AvgIpc) is 2.70. The van der Waals surface area contributed by atoms with Crippen LogP contribution in [0, 0.1) is 11.6 Å². The van der Waals surface area contributed by atoms with E-state index in [-0.39, 0.29) is 38.5 Å². The molecule has 1 aliphatic rings. The summed E-state index contributed by atoms with van der Waals surface area (Å²) in [4.78, 5) is 12.5. The van der Waals surface area contributed by atoms with Crippen LogP contribution < -0.4 is 10.0 Å². The van der Waals surface area contributed by atoms with Gasteiger partial charge in [-0.05, 0) is 51.3 Å². The number of fused-ring (bicyclic) bond motifs is 6. The number of phenolic OH excluding ortho intramolecular Hbond substituents is 1. The fourth-order valence-electron chi connectivity index (χ4n) is 3.07. The first kappa shape index (κ1) is 21.1. The summed E-state index contributed by atoms with van der Waals surface area (Å²) in [6, 6.07) is 9.66. The molecule has 0 fully saturated rings. The molecule has 3 aromatic carbocycles. The molecule has 0 saturated carbocycles. The molecule has 0 radical (unpaired) electrons. The second-order valence-electron chi connectivity index (χ2n) is 6.47. The molecule has 0 saturated heterocycles. The van der Waals surface area contributed by atoms with E-state index in [1.165, 1.54) is 18.2 Å². The summed E-state index contributed by atoms with van der Waals surface area (Å²) in [5, 5.41) is 13.0. The van der Waals surface area contributed by atoms with Crippen molar-refractivity contribution >= 4 is 54.8 Å². The van der Waals surface area contributed by atoms with E-state index < -0.39 is 28.9 Å². The van der Waals surface area contributed by atoms with E-state index in [1.54, 1.807) is 18.2 Å². The van der Waals surface area contributed by atoms with Crippen LogP contribution in [0.5, 0.6) is 5.75 Å². The van der Waals surface area contributed by atoms with E-state index in [9.17, 15) is 23.2 Å². The van der Waals surface area contributed by atoms with Crippen LogP contribution in [-0.4, -0.2) is 15.6 Å². The highest BCUT2D eigenvalue weighted by atomic mass is 79.9. The number of rotatable bonds is 0. The number of benzene rings is 3. The number of halogens is 4. The number of phenols is 1. The van der Waals surface area contributed by atoms with E-state index in [0.717, 1.165) is 0 Å². The second-order valence-corrected chi connectivity index (χ2v) is 9.42. The van der Waals surface area contributed by atoms with Gasteiger partial charge in [0.1, 0.15) is 22.9 Å². The highest BCUT2D eigenvalue weighted by Gasteiger charge is 2.26. The lowest BCUT2D eigenvalue weighted by Gasteiger charge is -2.16. The van der Waals surface area contributed by atoms with Gasteiger partial charge in [0.15, 0.2) is 11.6 Å². The number of amides is 1. The molecule has 4 bridgehead atoms. The van der Waals surface area contributed by atoms with E-state index in [2.05, 4.69) is 41.9 Å². The van der Waals surface area contributed by atoms with Crippen LogP contribution in [0.4, 0.5) is 14.5 Å². The molecule has 1 heterocycles. The van der Waals surface area contributed by atoms with E-state index in [1.807, 2.05) is 0 Å². The average molecular weight is 558 g/mol. The standard InChI is InChI=1S/C20H12Br2F2N2O3S/c21-11-2-1-9-8-25-20(28)10-3-14(22)19(27)18(4-10)30(29)26-17-6-13(12(9)5-11)15(23)7-16(17)24/h1-7,26-27H,8H2,(H,25,28). The molecule has 1 unspecified atom stereocenters. The summed E-state index contributed by atoms with van der Waals surface area (Å²) in [7, 11) is 0. The Balaban J connectivity index is 1.96. The second kappa shape index (κ2) is 8.18. The van der Waals surface area contributed by atoms with Gasteiger partial charge in [0.2, 0.25) is 4.90 Å². The summed E-state index contributed by atoms with van der Waals surface area (Å²) in [5.74, 6) is -2.60. The van der Waals surface area contributed by atoms with Gasteiger partial charge in [-0.3, -0.25) is 4.79 Å². The summed E-state index contributed by atoms with van der Waals surface area (Å²) in [6.07, 6.45) is 0. The number of nitrogens with one attached hydrogen (secondary N) is 2. The molecule has 30 heavy (non-hydrogen) atoms. The zero-order valence-electron chi connectivity index (χ0n) is 14.9. The molecule has 1 atom stereocenters. The Morgan fingerprint density at radius 2 is 1.80 bits per heavy atom.